The second kappa shape index (κ2) is 8.85. The van der Waals surface area contributed by atoms with Gasteiger partial charge in [0.2, 0.25) is 11.0 Å². The Morgan fingerprint density at radius 2 is 1.93 bits per heavy atom. The van der Waals surface area contributed by atoms with Crippen molar-refractivity contribution in [3.63, 3.8) is 0 Å². The lowest BCUT2D eigenvalue weighted by Crippen LogP contribution is -2.47. The van der Waals surface area contributed by atoms with Crippen LogP contribution in [0.15, 0.2) is 4.34 Å². The Bertz CT molecular complexity index is 788. The summed E-state index contributed by atoms with van der Waals surface area (Å²) in [6, 6.07) is 0.0178. The van der Waals surface area contributed by atoms with Crippen LogP contribution in [0.2, 0.25) is 0 Å². The van der Waals surface area contributed by atoms with Crippen LogP contribution in [0.4, 0.5) is 5.13 Å². The van der Waals surface area contributed by atoms with E-state index >= 15 is 0 Å². The summed E-state index contributed by atoms with van der Waals surface area (Å²) in [7, 11) is -3.02. The van der Waals surface area contributed by atoms with E-state index in [4.69, 9.17) is 4.74 Å². The molecule has 0 radical (unpaired) electrons. The van der Waals surface area contributed by atoms with Gasteiger partial charge in [-0.2, -0.15) is 0 Å². The van der Waals surface area contributed by atoms with Crippen LogP contribution in [0.5, 0.6) is 0 Å². The molecule has 0 bridgehead atoms. The number of nitrogens with zero attached hydrogens (tertiary/aromatic N) is 4. The third kappa shape index (κ3) is 4.80. The van der Waals surface area contributed by atoms with Gasteiger partial charge in [-0.1, -0.05) is 35.9 Å². The average molecular weight is 447 g/mol. The molecule has 11 heteroatoms. The highest BCUT2D eigenvalue weighted by atomic mass is 32.2. The topological polar surface area (TPSA) is 92.7 Å². The number of carbonyl (C=O) groups excluding carboxylic acids is 1. The highest BCUT2D eigenvalue weighted by Gasteiger charge is 2.38. The number of thioether (sulfide) groups is 1. The molecule has 3 aliphatic rings. The average Bonchev–Trinajstić information content (AvgIpc) is 3.43. The molecule has 2 saturated heterocycles. The van der Waals surface area contributed by atoms with Crippen molar-refractivity contribution in [2.24, 2.45) is 0 Å². The maximum Gasteiger partial charge on any atom is 0.233 e. The first-order valence-electron chi connectivity index (χ1n) is 9.82. The molecule has 0 spiro atoms. The van der Waals surface area contributed by atoms with Gasteiger partial charge in [0, 0.05) is 25.2 Å². The molecule has 28 heavy (non-hydrogen) atoms. The fourth-order valence-corrected chi connectivity index (χ4v) is 7.70. The maximum absolute atomic E-state index is 13.0. The molecule has 3 fully saturated rings. The van der Waals surface area contributed by atoms with E-state index in [0.717, 1.165) is 48.2 Å². The predicted molar refractivity (Wildman–Crippen MR) is 110 cm³/mol. The quantitative estimate of drug-likeness (QED) is 0.606. The van der Waals surface area contributed by atoms with E-state index in [1.165, 1.54) is 23.1 Å². The van der Waals surface area contributed by atoms with Crippen LogP contribution in [0.3, 0.4) is 0 Å². The van der Waals surface area contributed by atoms with E-state index in [-0.39, 0.29) is 35.2 Å². The van der Waals surface area contributed by atoms with E-state index in [9.17, 15) is 13.2 Å². The number of rotatable bonds is 6. The molecule has 1 atom stereocenters. The minimum absolute atomic E-state index is 0.0297. The summed E-state index contributed by atoms with van der Waals surface area (Å²) >= 11 is 2.91. The van der Waals surface area contributed by atoms with Crippen molar-refractivity contribution in [1.29, 1.82) is 0 Å². The van der Waals surface area contributed by atoms with Gasteiger partial charge in [0.05, 0.1) is 30.5 Å². The number of hydrogen-bond donors (Lipinski definition) is 0. The van der Waals surface area contributed by atoms with Crippen LogP contribution in [-0.4, -0.2) is 85.1 Å². The zero-order chi connectivity index (χ0) is 19.6. The first kappa shape index (κ1) is 20.4. The number of ether oxygens (including phenoxy) is 1. The van der Waals surface area contributed by atoms with Gasteiger partial charge in [-0.15, -0.1) is 10.2 Å². The van der Waals surface area contributed by atoms with E-state index in [1.807, 2.05) is 4.90 Å². The van der Waals surface area contributed by atoms with Crippen LogP contribution < -0.4 is 4.90 Å². The van der Waals surface area contributed by atoms with E-state index in [0.29, 0.717) is 19.6 Å². The normalized spacial score (nSPS) is 25.3. The van der Waals surface area contributed by atoms with Crippen molar-refractivity contribution < 1.29 is 17.9 Å². The van der Waals surface area contributed by atoms with Gasteiger partial charge in [-0.25, -0.2) is 8.42 Å². The number of aromatic nitrogens is 2. The Hall–Kier alpha value is -0.910. The highest BCUT2D eigenvalue weighted by molar-refractivity contribution is 8.01. The third-order valence-corrected chi connectivity index (χ3v) is 9.46. The number of sulfone groups is 1. The van der Waals surface area contributed by atoms with Gasteiger partial charge in [-0.05, 0) is 19.3 Å². The highest BCUT2D eigenvalue weighted by Crippen LogP contribution is 2.32. The molecule has 2 aliphatic heterocycles. The van der Waals surface area contributed by atoms with E-state index < -0.39 is 9.84 Å². The molecule has 0 N–H and O–H groups in total. The SMILES string of the molecule is O=C(CSc1nnc(N2CCOCC2)s1)N(C1CCCC1)C1CCS(=O)(=O)C1. The fourth-order valence-electron chi connectivity index (χ4n) is 4.22. The number of anilines is 1. The van der Waals surface area contributed by atoms with Gasteiger partial charge in [0.1, 0.15) is 0 Å². The van der Waals surface area contributed by atoms with Crippen LogP contribution in [0, 0.1) is 0 Å². The van der Waals surface area contributed by atoms with Gasteiger partial charge in [-0.3, -0.25) is 4.79 Å². The summed E-state index contributed by atoms with van der Waals surface area (Å²) in [6.45, 7) is 3.01. The molecular formula is C17H26N4O4S3. The van der Waals surface area contributed by atoms with E-state index in [2.05, 4.69) is 15.1 Å². The van der Waals surface area contributed by atoms with Crippen molar-refractivity contribution in [2.45, 2.75) is 48.5 Å². The van der Waals surface area contributed by atoms with Crippen LogP contribution >= 0.6 is 23.1 Å². The molecule has 1 unspecified atom stereocenters. The zero-order valence-electron chi connectivity index (χ0n) is 15.8. The number of amides is 1. The van der Waals surface area contributed by atoms with Crippen molar-refractivity contribution in [1.82, 2.24) is 15.1 Å². The van der Waals surface area contributed by atoms with Gasteiger partial charge in [0.15, 0.2) is 14.2 Å². The molecule has 1 aromatic heterocycles. The van der Waals surface area contributed by atoms with Crippen LogP contribution in [0.1, 0.15) is 32.1 Å². The van der Waals surface area contributed by atoms with Crippen LogP contribution in [-0.2, 0) is 19.4 Å². The minimum Gasteiger partial charge on any atom is -0.378 e. The summed E-state index contributed by atoms with van der Waals surface area (Å²) in [5, 5.41) is 9.34. The van der Waals surface area contributed by atoms with Crippen molar-refractivity contribution in [3.8, 4) is 0 Å². The predicted octanol–water partition coefficient (Wildman–Crippen LogP) is 1.43. The lowest BCUT2D eigenvalue weighted by molar-refractivity contribution is -0.132. The molecule has 1 aromatic rings. The maximum atomic E-state index is 13.0. The van der Waals surface area contributed by atoms with Gasteiger partial charge < -0.3 is 14.5 Å². The molecule has 1 amide bonds. The molecule has 3 heterocycles. The second-order valence-electron chi connectivity index (χ2n) is 7.53. The summed E-state index contributed by atoms with van der Waals surface area (Å²) < 4.78 is 30.0. The molecule has 156 valence electrons. The Morgan fingerprint density at radius 3 is 2.61 bits per heavy atom. The largest absolute Gasteiger partial charge is 0.378 e. The number of carbonyl (C=O) groups is 1. The van der Waals surface area contributed by atoms with Gasteiger partial charge >= 0.3 is 0 Å². The zero-order valence-corrected chi connectivity index (χ0v) is 18.2. The smallest absolute Gasteiger partial charge is 0.233 e. The molecule has 0 aromatic carbocycles. The lowest BCUT2D eigenvalue weighted by atomic mass is 10.1. The first-order valence-corrected chi connectivity index (χ1v) is 13.4. The van der Waals surface area contributed by atoms with Crippen molar-refractivity contribution >= 4 is 44.0 Å². The van der Waals surface area contributed by atoms with E-state index in [1.54, 1.807) is 0 Å². The Morgan fingerprint density at radius 1 is 1.18 bits per heavy atom. The second-order valence-corrected chi connectivity index (χ2v) is 11.9. The Balaban J connectivity index is 1.38. The molecular weight excluding hydrogens is 420 g/mol. The lowest BCUT2D eigenvalue weighted by Gasteiger charge is -2.34. The third-order valence-electron chi connectivity index (χ3n) is 5.60. The minimum atomic E-state index is -3.02. The molecule has 1 saturated carbocycles. The summed E-state index contributed by atoms with van der Waals surface area (Å²) in [5.74, 6) is 0.618. The molecule has 4 rings (SSSR count). The molecule has 8 nitrogen and oxygen atoms in total. The number of hydrogen-bond acceptors (Lipinski definition) is 9. The van der Waals surface area contributed by atoms with Gasteiger partial charge in [0.25, 0.3) is 0 Å². The Kier molecular flexibility index (Phi) is 6.43. The number of morpholine rings is 1. The standard InChI is InChI=1S/C17H26N4O4S3/c22-15(11-26-17-19-18-16(27-17)20-6-8-25-9-7-20)21(13-3-1-2-4-13)14-5-10-28(23,24)12-14/h13-14H,1-12H2. The molecule has 1 aliphatic carbocycles. The van der Waals surface area contributed by atoms with Crippen molar-refractivity contribution in [2.75, 3.05) is 48.5 Å². The summed E-state index contributed by atoms with van der Waals surface area (Å²) in [5.41, 5.74) is 0. The van der Waals surface area contributed by atoms with Crippen LogP contribution in [0.25, 0.3) is 0 Å². The summed E-state index contributed by atoms with van der Waals surface area (Å²) in [4.78, 5) is 17.1. The Labute approximate surface area is 173 Å². The monoisotopic (exact) mass is 446 g/mol. The fraction of sp³-hybridized carbons (Fsp3) is 0.824. The first-order chi connectivity index (χ1) is 13.5. The summed E-state index contributed by atoms with van der Waals surface area (Å²) in [6.07, 6.45) is 4.75. The van der Waals surface area contributed by atoms with Crippen molar-refractivity contribution in [3.05, 3.63) is 0 Å².